The molecule has 1 saturated carbocycles. The van der Waals surface area contributed by atoms with Gasteiger partial charge in [-0.15, -0.1) is 0 Å². The van der Waals surface area contributed by atoms with Crippen LogP contribution >= 0.6 is 0 Å². The molecule has 0 saturated heterocycles. The van der Waals surface area contributed by atoms with Crippen LogP contribution in [0.4, 0.5) is 5.82 Å². The second-order valence-electron chi connectivity index (χ2n) is 4.85. The number of nitrogens with two attached hydrogens (primary N) is 1. The fourth-order valence-electron chi connectivity index (χ4n) is 2.23. The van der Waals surface area contributed by atoms with E-state index in [1.807, 2.05) is 11.9 Å². The van der Waals surface area contributed by atoms with E-state index in [1.54, 1.807) is 6.20 Å². The lowest BCUT2D eigenvalue weighted by molar-refractivity contribution is 0.784. The van der Waals surface area contributed by atoms with Crippen LogP contribution < -0.4 is 10.6 Å². The zero-order valence-electron chi connectivity index (χ0n) is 11.1. The molecule has 5 heteroatoms. The molecule has 19 heavy (non-hydrogen) atoms. The largest absolute Gasteiger partial charge is 0.359 e. The quantitative estimate of drug-likeness (QED) is 0.860. The second kappa shape index (κ2) is 5.69. The fraction of sp³-hybridized carbons (Fsp3) is 0.500. The van der Waals surface area contributed by atoms with E-state index in [2.05, 4.69) is 17.1 Å². The fourth-order valence-corrected chi connectivity index (χ4v) is 2.23. The molecule has 98 valence electrons. The minimum Gasteiger partial charge on any atom is -0.359 e. The van der Waals surface area contributed by atoms with E-state index < -0.39 is 0 Å². The first kappa shape index (κ1) is 13.3. The van der Waals surface area contributed by atoms with Gasteiger partial charge in [-0.2, -0.15) is 10.5 Å². The lowest BCUT2D eigenvalue weighted by Crippen LogP contribution is -2.23. The van der Waals surface area contributed by atoms with E-state index in [4.69, 9.17) is 11.0 Å². The molecule has 0 spiro atoms. The van der Waals surface area contributed by atoms with Crippen LogP contribution in [0.15, 0.2) is 6.20 Å². The van der Waals surface area contributed by atoms with Crippen LogP contribution in [-0.4, -0.2) is 25.1 Å². The molecule has 1 aliphatic carbocycles. The Morgan fingerprint density at radius 3 is 2.68 bits per heavy atom. The summed E-state index contributed by atoms with van der Waals surface area (Å²) in [5.74, 6) is 1.02. The molecule has 0 aliphatic heterocycles. The third-order valence-electron chi connectivity index (χ3n) is 3.38. The number of nitrogens with zero attached hydrogens (tertiary/aromatic N) is 4. The average molecular weight is 255 g/mol. The Bertz CT molecular complexity index is 548. The third kappa shape index (κ3) is 2.67. The van der Waals surface area contributed by atoms with Gasteiger partial charge in [0, 0.05) is 19.8 Å². The van der Waals surface area contributed by atoms with Gasteiger partial charge in [0.05, 0.1) is 11.1 Å². The van der Waals surface area contributed by atoms with Crippen molar-refractivity contribution in [3.05, 3.63) is 22.9 Å². The van der Waals surface area contributed by atoms with Crippen molar-refractivity contribution in [2.24, 2.45) is 5.73 Å². The van der Waals surface area contributed by atoms with E-state index in [0.717, 1.165) is 31.4 Å². The van der Waals surface area contributed by atoms with E-state index in [-0.39, 0.29) is 0 Å². The molecule has 1 aromatic heterocycles. The highest BCUT2D eigenvalue weighted by molar-refractivity contribution is 5.63. The molecule has 1 aromatic rings. The molecule has 0 amide bonds. The summed E-state index contributed by atoms with van der Waals surface area (Å²) in [5, 5.41) is 18.6. The number of hydrogen-bond acceptors (Lipinski definition) is 5. The molecule has 0 unspecified atom stereocenters. The lowest BCUT2D eigenvalue weighted by atomic mass is 10.00. The Morgan fingerprint density at radius 1 is 1.42 bits per heavy atom. The van der Waals surface area contributed by atoms with Crippen molar-refractivity contribution in [1.82, 2.24) is 4.98 Å². The van der Waals surface area contributed by atoms with Gasteiger partial charge in [0.1, 0.15) is 18.0 Å². The highest BCUT2D eigenvalue weighted by Crippen LogP contribution is 2.44. The molecule has 1 fully saturated rings. The van der Waals surface area contributed by atoms with Crippen LogP contribution in [0.1, 0.15) is 41.9 Å². The first-order chi connectivity index (χ1) is 9.22. The van der Waals surface area contributed by atoms with Gasteiger partial charge >= 0.3 is 0 Å². The van der Waals surface area contributed by atoms with Gasteiger partial charge in [-0.3, -0.25) is 0 Å². The summed E-state index contributed by atoms with van der Waals surface area (Å²) < 4.78 is 0. The van der Waals surface area contributed by atoms with Crippen molar-refractivity contribution in [2.45, 2.75) is 25.2 Å². The summed E-state index contributed by atoms with van der Waals surface area (Å²) in [5.41, 5.74) is 7.48. The Morgan fingerprint density at radius 2 is 2.16 bits per heavy atom. The van der Waals surface area contributed by atoms with Gasteiger partial charge in [0.25, 0.3) is 0 Å². The van der Waals surface area contributed by atoms with Gasteiger partial charge < -0.3 is 10.6 Å². The minimum absolute atomic E-state index is 0.356. The summed E-state index contributed by atoms with van der Waals surface area (Å²) in [6, 6.07) is 4.38. The zero-order chi connectivity index (χ0) is 13.8. The number of anilines is 1. The van der Waals surface area contributed by atoms with Gasteiger partial charge in [-0.25, -0.2) is 4.98 Å². The summed E-state index contributed by atoms with van der Waals surface area (Å²) in [6.45, 7) is 1.37. The average Bonchev–Trinajstić information content (AvgIpc) is 3.27. The van der Waals surface area contributed by atoms with Gasteiger partial charge in [0.2, 0.25) is 0 Å². The molecule has 1 aliphatic rings. The van der Waals surface area contributed by atoms with E-state index >= 15 is 0 Å². The van der Waals surface area contributed by atoms with Gasteiger partial charge in [-0.1, -0.05) is 0 Å². The molecule has 0 radical (unpaired) electrons. The van der Waals surface area contributed by atoms with Crippen molar-refractivity contribution in [3.8, 4) is 12.1 Å². The predicted molar refractivity (Wildman–Crippen MR) is 72.6 cm³/mol. The van der Waals surface area contributed by atoms with Crippen molar-refractivity contribution >= 4 is 5.82 Å². The monoisotopic (exact) mass is 255 g/mol. The van der Waals surface area contributed by atoms with Gasteiger partial charge in [0.15, 0.2) is 0 Å². The zero-order valence-corrected chi connectivity index (χ0v) is 11.1. The molecule has 5 nitrogen and oxygen atoms in total. The molecule has 2 N–H and O–H groups in total. The first-order valence-corrected chi connectivity index (χ1v) is 6.47. The number of rotatable bonds is 5. The van der Waals surface area contributed by atoms with Crippen molar-refractivity contribution in [1.29, 1.82) is 10.5 Å². The van der Waals surface area contributed by atoms with E-state index in [9.17, 15) is 5.26 Å². The standard InChI is InChI=1S/C14H17N5/c1-19(6-2-5-15)14-12(8-17)13(10-3-4-10)11(7-16)9-18-14/h9-10H,2-6,15H2,1H3. The molecule has 1 heterocycles. The molecule has 0 bridgehead atoms. The summed E-state index contributed by atoms with van der Waals surface area (Å²) in [4.78, 5) is 6.23. The smallest absolute Gasteiger partial charge is 0.146 e. The summed E-state index contributed by atoms with van der Waals surface area (Å²) in [7, 11) is 1.90. The molecule has 0 atom stereocenters. The minimum atomic E-state index is 0.356. The normalized spacial score (nSPS) is 13.7. The highest BCUT2D eigenvalue weighted by Gasteiger charge is 2.31. The van der Waals surface area contributed by atoms with Crippen molar-refractivity contribution < 1.29 is 0 Å². The Hall–Kier alpha value is -2.11. The second-order valence-corrected chi connectivity index (χ2v) is 4.85. The van der Waals surface area contributed by atoms with Gasteiger partial charge in [-0.05, 0) is 37.3 Å². The van der Waals surface area contributed by atoms with Crippen molar-refractivity contribution in [3.63, 3.8) is 0 Å². The number of pyridine rings is 1. The SMILES string of the molecule is CN(CCCN)c1ncc(C#N)c(C2CC2)c1C#N. The maximum absolute atomic E-state index is 9.42. The van der Waals surface area contributed by atoms with Crippen LogP contribution in [0.2, 0.25) is 0 Å². The highest BCUT2D eigenvalue weighted by atomic mass is 15.2. The number of hydrogen-bond donors (Lipinski definition) is 1. The molecule has 0 aromatic carbocycles. The molecular weight excluding hydrogens is 238 g/mol. The Labute approximate surface area is 113 Å². The topological polar surface area (TPSA) is 89.7 Å². The number of nitriles is 2. The van der Waals surface area contributed by atoms with Crippen LogP contribution in [0.5, 0.6) is 0 Å². The van der Waals surface area contributed by atoms with Crippen LogP contribution in [0.3, 0.4) is 0 Å². The van der Waals surface area contributed by atoms with E-state index in [1.165, 1.54) is 0 Å². The van der Waals surface area contributed by atoms with Crippen molar-refractivity contribution in [2.75, 3.05) is 25.0 Å². The van der Waals surface area contributed by atoms with Crippen LogP contribution in [0.25, 0.3) is 0 Å². The Balaban J connectivity index is 2.43. The van der Waals surface area contributed by atoms with Crippen LogP contribution in [0, 0.1) is 22.7 Å². The molecule has 2 rings (SSSR count). The first-order valence-electron chi connectivity index (χ1n) is 6.47. The maximum atomic E-state index is 9.42. The molecular formula is C14H17N5. The maximum Gasteiger partial charge on any atom is 0.146 e. The van der Waals surface area contributed by atoms with Crippen LogP contribution in [-0.2, 0) is 0 Å². The number of aromatic nitrogens is 1. The predicted octanol–water partition coefficient (Wildman–Crippen LogP) is 1.49. The summed E-state index contributed by atoms with van der Waals surface area (Å²) >= 11 is 0. The summed E-state index contributed by atoms with van der Waals surface area (Å²) in [6.07, 6.45) is 4.54. The Kier molecular flexibility index (Phi) is 3.99. The third-order valence-corrected chi connectivity index (χ3v) is 3.38. The lowest BCUT2D eigenvalue weighted by Gasteiger charge is -2.20. The van der Waals surface area contributed by atoms with E-state index in [0.29, 0.717) is 29.4 Å².